The van der Waals surface area contributed by atoms with Gasteiger partial charge in [0.05, 0.1) is 19.8 Å². The summed E-state index contributed by atoms with van der Waals surface area (Å²) in [5.74, 6) is 1.30. The van der Waals surface area contributed by atoms with Gasteiger partial charge in [0, 0.05) is 6.07 Å². The van der Waals surface area contributed by atoms with Gasteiger partial charge in [-0.25, -0.2) is 0 Å². The number of anilines is 1. The topological polar surface area (TPSA) is 102 Å². The molecule has 0 saturated carbocycles. The molecule has 0 bridgehead atoms. The van der Waals surface area contributed by atoms with E-state index < -0.39 is 5.91 Å². The second kappa shape index (κ2) is 6.63. The molecule has 0 spiro atoms. The zero-order valence-electron chi connectivity index (χ0n) is 12.8. The van der Waals surface area contributed by atoms with Crippen LogP contribution in [0.1, 0.15) is 10.6 Å². The van der Waals surface area contributed by atoms with Crippen LogP contribution in [0.5, 0.6) is 11.5 Å². The molecule has 0 aliphatic rings. The summed E-state index contributed by atoms with van der Waals surface area (Å²) in [6.45, 7) is 0. The first-order valence-corrected chi connectivity index (χ1v) is 7.20. The molecule has 0 aliphatic carbocycles. The lowest BCUT2D eigenvalue weighted by atomic mass is 10.2. The van der Waals surface area contributed by atoms with Gasteiger partial charge in [-0.3, -0.25) is 15.2 Å². The number of nitrogens with one attached hydrogen (secondary N) is 2. The van der Waals surface area contributed by atoms with E-state index in [1.54, 1.807) is 25.3 Å². The quantitative estimate of drug-likeness (QED) is 0.734. The van der Waals surface area contributed by atoms with E-state index in [0.717, 1.165) is 0 Å². The molecule has 0 aliphatic heterocycles. The van der Waals surface area contributed by atoms with Crippen molar-refractivity contribution in [2.24, 2.45) is 0 Å². The molecule has 9 heteroatoms. The Balaban J connectivity index is 1.82. The highest BCUT2D eigenvalue weighted by molar-refractivity contribution is 6.29. The molecule has 2 aromatic heterocycles. The summed E-state index contributed by atoms with van der Waals surface area (Å²) in [6, 6.07) is 8.19. The van der Waals surface area contributed by atoms with Crippen LogP contribution in [-0.4, -0.2) is 35.3 Å². The molecule has 124 valence electrons. The Bertz CT molecular complexity index is 874. The van der Waals surface area contributed by atoms with Crippen molar-refractivity contribution >= 4 is 23.5 Å². The Hall–Kier alpha value is -3.00. The number of hydrogen-bond donors (Lipinski definition) is 2. The van der Waals surface area contributed by atoms with Crippen LogP contribution < -0.4 is 14.8 Å². The maximum atomic E-state index is 12.0. The van der Waals surface area contributed by atoms with Gasteiger partial charge < -0.3 is 13.9 Å². The van der Waals surface area contributed by atoms with Crippen molar-refractivity contribution in [3.05, 3.63) is 41.3 Å². The molecule has 8 nitrogen and oxygen atoms in total. The molecule has 0 atom stereocenters. The first-order valence-electron chi connectivity index (χ1n) is 6.82. The SMILES string of the molecule is COc1ccc(-c2nc(NC(=O)c3ccc(Cl)o3)n[nH]2)c(OC)c1. The Kier molecular flexibility index (Phi) is 4.39. The number of carbonyl (C=O) groups excluding carboxylic acids is 1. The summed E-state index contributed by atoms with van der Waals surface area (Å²) in [6.07, 6.45) is 0. The van der Waals surface area contributed by atoms with Gasteiger partial charge in [-0.15, -0.1) is 5.10 Å². The Morgan fingerprint density at radius 3 is 2.75 bits per heavy atom. The molecule has 1 aromatic carbocycles. The number of furan rings is 1. The molecule has 0 saturated heterocycles. The number of halogens is 1. The van der Waals surface area contributed by atoms with E-state index in [2.05, 4.69) is 20.5 Å². The first-order chi connectivity index (χ1) is 11.6. The van der Waals surface area contributed by atoms with Gasteiger partial charge in [0.1, 0.15) is 11.5 Å². The number of aromatic amines is 1. The minimum atomic E-state index is -0.505. The monoisotopic (exact) mass is 348 g/mol. The fraction of sp³-hybridized carbons (Fsp3) is 0.133. The normalized spacial score (nSPS) is 10.5. The van der Waals surface area contributed by atoms with Gasteiger partial charge in [0.15, 0.2) is 16.8 Å². The summed E-state index contributed by atoms with van der Waals surface area (Å²) < 4.78 is 15.5. The number of methoxy groups -OCH3 is 2. The van der Waals surface area contributed by atoms with Crippen LogP contribution in [0.2, 0.25) is 5.22 Å². The number of H-pyrrole nitrogens is 1. The average molecular weight is 349 g/mol. The number of rotatable bonds is 5. The van der Waals surface area contributed by atoms with Gasteiger partial charge in [0.2, 0.25) is 5.95 Å². The smallest absolute Gasteiger partial charge is 0.293 e. The van der Waals surface area contributed by atoms with Crippen molar-refractivity contribution < 1.29 is 18.7 Å². The molecule has 3 aromatic rings. The lowest BCUT2D eigenvalue weighted by Gasteiger charge is -2.07. The number of amides is 1. The fourth-order valence-corrected chi connectivity index (χ4v) is 2.18. The Morgan fingerprint density at radius 2 is 2.08 bits per heavy atom. The van der Waals surface area contributed by atoms with Gasteiger partial charge in [-0.05, 0) is 35.9 Å². The lowest BCUT2D eigenvalue weighted by Crippen LogP contribution is -2.11. The second-order valence-electron chi connectivity index (χ2n) is 4.63. The number of ether oxygens (including phenoxy) is 2. The molecule has 2 N–H and O–H groups in total. The minimum absolute atomic E-state index is 0.0633. The second-order valence-corrected chi connectivity index (χ2v) is 5.00. The van der Waals surface area contributed by atoms with Crippen LogP contribution in [0.25, 0.3) is 11.4 Å². The maximum absolute atomic E-state index is 12.0. The summed E-state index contributed by atoms with van der Waals surface area (Å²) in [5, 5.41) is 9.33. The molecule has 3 rings (SSSR count). The number of carbonyl (C=O) groups is 1. The molecular formula is C15H13ClN4O4. The number of aromatic nitrogens is 3. The third-order valence-corrected chi connectivity index (χ3v) is 3.37. The van der Waals surface area contributed by atoms with Crippen LogP contribution in [0.3, 0.4) is 0 Å². The van der Waals surface area contributed by atoms with E-state index in [1.807, 2.05) is 0 Å². The van der Waals surface area contributed by atoms with E-state index in [0.29, 0.717) is 22.9 Å². The predicted molar refractivity (Wildman–Crippen MR) is 86.6 cm³/mol. The van der Waals surface area contributed by atoms with Crippen molar-refractivity contribution in [3.8, 4) is 22.9 Å². The Labute approximate surface area is 141 Å². The third-order valence-electron chi connectivity index (χ3n) is 3.17. The number of hydrogen-bond acceptors (Lipinski definition) is 6. The molecule has 0 fully saturated rings. The van der Waals surface area contributed by atoms with E-state index in [-0.39, 0.29) is 16.9 Å². The Morgan fingerprint density at radius 1 is 1.25 bits per heavy atom. The number of nitrogens with zero attached hydrogens (tertiary/aromatic N) is 2. The standard InChI is InChI=1S/C15H13ClN4O4/c1-22-8-3-4-9(11(7-8)23-2)13-17-15(20-19-13)18-14(21)10-5-6-12(16)24-10/h3-7H,1-2H3,(H2,17,18,19,20,21). The minimum Gasteiger partial charge on any atom is -0.497 e. The van der Waals surface area contributed by atoms with Gasteiger partial charge in [-0.2, -0.15) is 4.98 Å². The first kappa shape index (κ1) is 15.9. The van der Waals surface area contributed by atoms with Gasteiger partial charge in [-0.1, -0.05) is 0 Å². The van der Waals surface area contributed by atoms with Crippen molar-refractivity contribution in [1.82, 2.24) is 15.2 Å². The lowest BCUT2D eigenvalue weighted by molar-refractivity contribution is 0.0996. The molecule has 1 amide bonds. The maximum Gasteiger partial charge on any atom is 0.293 e. The molecule has 0 radical (unpaired) electrons. The van der Waals surface area contributed by atoms with E-state index in [1.165, 1.54) is 19.2 Å². The zero-order valence-corrected chi connectivity index (χ0v) is 13.5. The summed E-state index contributed by atoms with van der Waals surface area (Å²) >= 11 is 5.64. The highest BCUT2D eigenvalue weighted by atomic mass is 35.5. The molecule has 2 heterocycles. The van der Waals surface area contributed by atoms with Crippen molar-refractivity contribution in [2.75, 3.05) is 19.5 Å². The van der Waals surface area contributed by atoms with E-state index >= 15 is 0 Å². The van der Waals surface area contributed by atoms with Crippen LogP contribution in [0.4, 0.5) is 5.95 Å². The van der Waals surface area contributed by atoms with Gasteiger partial charge >= 0.3 is 0 Å². The molecular weight excluding hydrogens is 336 g/mol. The predicted octanol–water partition coefficient (Wildman–Crippen LogP) is 2.99. The highest BCUT2D eigenvalue weighted by Gasteiger charge is 2.16. The molecule has 24 heavy (non-hydrogen) atoms. The summed E-state index contributed by atoms with van der Waals surface area (Å²) in [7, 11) is 3.11. The average Bonchev–Trinajstić information content (AvgIpc) is 3.23. The van der Waals surface area contributed by atoms with Gasteiger partial charge in [0.25, 0.3) is 5.91 Å². The molecule has 0 unspecified atom stereocenters. The highest BCUT2D eigenvalue weighted by Crippen LogP contribution is 2.31. The largest absolute Gasteiger partial charge is 0.497 e. The third kappa shape index (κ3) is 3.18. The van der Waals surface area contributed by atoms with Crippen molar-refractivity contribution in [1.29, 1.82) is 0 Å². The van der Waals surface area contributed by atoms with Crippen LogP contribution in [0.15, 0.2) is 34.7 Å². The van der Waals surface area contributed by atoms with Crippen LogP contribution in [0, 0.1) is 0 Å². The summed E-state index contributed by atoms with van der Waals surface area (Å²) in [4.78, 5) is 16.2. The van der Waals surface area contributed by atoms with Crippen molar-refractivity contribution in [3.63, 3.8) is 0 Å². The van der Waals surface area contributed by atoms with E-state index in [4.69, 9.17) is 25.5 Å². The zero-order chi connectivity index (χ0) is 17.1. The van der Waals surface area contributed by atoms with E-state index in [9.17, 15) is 4.79 Å². The fourth-order valence-electron chi connectivity index (χ4n) is 2.03. The summed E-state index contributed by atoms with van der Waals surface area (Å²) in [5.41, 5.74) is 0.673. The van der Waals surface area contributed by atoms with Crippen LogP contribution >= 0.6 is 11.6 Å². The number of benzene rings is 1. The van der Waals surface area contributed by atoms with Crippen LogP contribution in [-0.2, 0) is 0 Å². The van der Waals surface area contributed by atoms with Crippen molar-refractivity contribution in [2.45, 2.75) is 0 Å².